The molecule has 0 spiro atoms. The maximum atomic E-state index is 13.5. The normalized spacial score (nSPS) is 13.0. The fraction of sp³-hybridized carbons (Fsp3) is 0.351. The van der Waals surface area contributed by atoms with Gasteiger partial charge in [-0.05, 0) is 68.0 Å². The monoisotopic (exact) mass is 638 g/mol. The van der Waals surface area contributed by atoms with E-state index in [1.54, 1.807) is 31.2 Å². The maximum Gasteiger partial charge on any atom is 0.251 e. The van der Waals surface area contributed by atoms with Crippen molar-refractivity contribution in [2.75, 3.05) is 19.6 Å². The number of fused-ring (bicyclic) bond motifs is 1. The first-order chi connectivity index (χ1) is 22.7. The van der Waals surface area contributed by atoms with E-state index in [9.17, 15) is 19.2 Å². The van der Waals surface area contributed by atoms with Crippen LogP contribution < -0.4 is 26.6 Å². The molecule has 0 radical (unpaired) electrons. The second kappa shape index (κ2) is 17.1. The third-order valence-corrected chi connectivity index (χ3v) is 8.06. The summed E-state index contributed by atoms with van der Waals surface area (Å²) in [7, 11) is 0. The summed E-state index contributed by atoms with van der Waals surface area (Å²) in [6.45, 7) is 8.56. The highest BCUT2D eigenvalue weighted by atomic mass is 16.2. The lowest BCUT2D eigenvalue weighted by atomic mass is 10.0. The predicted molar refractivity (Wildman–Crippen MR) is 185 cm³/mol. The summed E-state index contributed by atoms with van der Waals surface area (Å²) in [5, 5.41) is 16.0. The molecular formula is C37H46N6O4. The second-order valence-corrected chi connectivity index (χ2v) is 12.1. The fourth-order valence-corrected chi connectivity index (χ4v) is 5.40. The van der Waals surface area contributed by atoms with Crippen LogP contribution in [0.1, 0.15) is 59.5 Å². The number of aromatic amines is 1. The van der Waals surface area contributed by atoms with Gasteiger partial charge in [0.2, 0.25) is 11.8 Å². The minimum absolute atomic E-state index is 0.0832. The molecule has 4 rings (SSSR count). The number of hydrogen-bond acceptors (Lipinski definition) is 5. The molecule has 3 atom stereocenters. The van der Waals surface area contributed by atoms with Crippen molar-refractivity contribution < 1.29 is 19.2 Å². The lowest BCUT2D eigenvalue weighted by Gasteiger charge is -2.25. The molecule has 0 unspecified atom stereocenters. The SMILES string of the molecule is CCNC(=O)[C@@H](NC(=O)[C@H](C)NC[C@H](Cc1ccccc1)NC(=O)c1cccc(C(=O)NCCc2c[nH]c3ccccc23)c1)C(C)C. The molecular weight excluding hydrogens is 592 g/mol. The number of H-pyrrole nitrogens is 1. The Labute approximate surface area is 276 Å². The zero-order chi connectivity index (χ0) is 33.8. The van der Waals surface area contributed by atoms with E-state index >= 15 is 0 Å². The quantitative estimate of drug-likeness (QED) is 0.111. The Bertz CT molecular complexity index is 1650. The molecule has 1 heterocycles. The standard InChI is InChI=1S/C37H46N6O4/c1-5-38-37(47)33(24(2)3)43-34(44)25(4)40-23-30(20-26-12-7-6-8-13-26)42-36(46)28-15-11-14-27(21-28)35(45)39-19-18-29-22-41-32-17-10-9-16-31(29)32/h6-17,21-22,24-25,30,33,40-41H,5,18-20,23H2,1-4H3,(H,38,47)(H,39,45)(H,42,46)(H,43,44)/t25-,30-,33-/m0/s1. The Kier molecular flexibility index (Phi) is 12.7. The van der Waals surface area contributed by atoms with Gasteiger partial charge in [0.25, 0.3) is 11.8 Å². The zero-order valence-corrected chi connectivity index (χ0v) is 27.6. The summed E-state index contributed by atoms with van der Waals surface area (Å²) < 4.78 is 0. The van der Waals surface area contributed by atoms with Crippen molar-refractivity contribution in [2.45, 2.75) is 58.7 Å². The van der Waals surface area contributed by atoms with E-state index in [1.165, 1.54) is 0 Å². The van der Waals surface area contributed by atoms with Crippen molar-refractivity contribution in [2.24, 2.45) is 5.92 Å². The number of hydrogen-bond donors (Lipinski definition) is 6. The molecule has 4 aromatic rings. The summed E-state index contributed by atoms with van der Waals surface area (Å²) in [6, 6.07) is 22.8. The van der Waals surface area contributed by atoms with Crippen LogP contribution in [0.15, 0.2) is 85.1 Å². The van der Waals surface area contributed by atoms with Gasteiger partial charge in [0.1, 0.15) is 6.04 Å². The number of carbonyl (C=O) groups excluding carboxylic acids is 4. The number of carbonyl (C=O) groups is 4. The molecule has 6 N–H and O–H groups in total. The van der Waals surface area contributed by atoms with E-state index in [-0.39, 0.29) is 35.6 Å². The molecule has 4 amide bonds. The average molecular weight is 639 g/mol. The van der Waals surface area contributed by atoms with Gasteiger partial charge >= 0.3 is 0 Å². The molecule has 0 fully saturated rings. The molecule has 3 aromatic carbocycles. The van der Waals surface area contributed by atoms with Crippen molar-refractivity contribution in [3.05, 3.63) is 107 Å². The molecule has 10 nitrogen and oxygen atoms in total. The van der Waals surface area contributed by atoms with E-state index in [2.05, 4.69) is 37.6 Å². The van der Waals surface area contributed by atoms with Crippen LogP contribution in [0.2, 0.25) is 0 Å². The molecule has 0 aliphatic heterocycles. The number of amides is 4. The summed E-state index contributed by atoms with van der Waals surface area (Å²) in [6.07, 6.45) is 3.16. The van der Waals surface area contributed by atoms with E-state index in [0.717, 1.165) is 22.0 Å². The Morgan fingerprint density at radius 3 is 2.19 bits per heavy atom. The van der Waals surface area contributed by atoms with Gasteiger partial charge in [0.15, 0.2) is 0 Å². The number of para-hydroxylation sites is 1. The van der Waals surface area contributed by atoms with Gasteiger partial charge in [-0.1, -0.05) is 68.4 Å². The van der Waals surface area contributed by atoms with Gasteiger partial charge < -0.3 is 31.6 Å². The van der Waals surface area contributed by atoms with Crippen LogP contribution >= 0.6 is 0 Å². The molecule has 1 aromatic heterocycles. The Hall–Kier alpha value is -4.96. The second-order valence-electron chi connectivity index (χ2n) is 12.1. The van der Waals surface area contributed by atoms with Gasteiger partial charge in [0.05, 0.1) is 6.04 Å². The zero-order valence-electron chi connectivity index (χ0n) is 27.6. The summed E-state index contributed by atoms with van der Waals surface area (Å²) >= 11 is 0. The van der Waals surface area contributed by atoms with Gasteiger partial charge in [-0.3, -0.25) is 19.2 Å². The summed E-state index contributed by atoms with van der Waals surface area (Å²) in [5.74, 6) is -1.19. The van der Waals surface area contributed by atoms with Crippen LogP contribution in [-0.2, 0) is 22.4 Å². The first-order valence-electron chi connectivity index (χ1n) is 16.3. The van der Waals surface area contributed by atoms with E-state index in [4.69, 9.17) is 0 Å². The van der Waals surface area contributed by atoms with E-state index in [1.807, 2.05) is 75.5 Å². The van der Waals surface area contributed by atoms with Crippen LogP contribution in [0.25, 0.3) is 10.9 Å². The van der Waals surface area contributed by atoms with Gasteiger partial charge in [-0.25, -0.2) is 0 Å². The number of aromatic nitrogens is 1. The Morgan fingerprint density at radius 1 is 0.766 bits per heavy atom. The molecule has 10 heteroatoms. The lowest BCUT2D eigenvalue weighted by molar-refractivity contribution is -0.130. The van der Waals surface area contributed by atoms with Crippen molar-refractivity contribution in [1.82, 2.24) is 31.6 Å². The van der Waals surface area contributed by atoms with Crippen molar-refractivity contribution in [3.8, 4) is 0 Å². The molecule has 0 aliphatic rings. The van der Waals surface area contributed by atoms with E-state index < -0.39 is 12.1 Å². The summed E-state index contributed by atoms with van der Waals surface area (Å²) in [4.78, 5) is 55.2. The first kappa shape index (κ1) is 34.9. The van der Waals surface area contributed by atoms with Crippen LogP contribution in [0.3, 0.4) is 0 Å². The molecule has 0 saturated heterocycles. The lowest BCUT2D eigenvalue weighted by Crippen LogP contribution is -2.55. The molecule has 248 valence electrons. The maximum absolute atomic E-state index is 13.5. The van der Waals surface area contributed by atoms with Gasteiger partial charge in [0, 0.05) is 53.9 Å². The Balaban J connectivity index is 1.37. The van der Waals surface area contributed by atoms with Crippen LogP contribution in [-0.4, -0.2) is 66.4 Å². The third kappa shape index (κ3) is 10.0. The largest absolute Gasteiger partial charge is 0.361 e. The van der Waals surface area contributed by atoms with Crippen molar-refractivity contribution in [3.63, 3.8) is 0 Å². The van der Waals surface area contributed by atoms with Crippen LogP contribution in [0.4, 0.5) is 0 Å². The number of benzene rings is 3. The predicted octanol–water partition coefficient (Wildman–Crippen LogP) is 3.74. The molecule has 0 bridgehead atoms. The smallest absolute Gasteiger partial charge is 0.251 e. The number of likely N-dealkylation sites (N-methyl/N-ethyl adjacent to an activating group) is 1. The number of rotatable bonds is 16. The molecule has 0 saturated carbocycles. The van der Waals surface area contributed by atoms with Gasteiger partial charge in [-0.15, -0.1) is 0 Å². The van der Waals surface area contributed by atoms with E-state index in [0.29, 0.717) is 43.6 Å². The topological polar surface area (TPSA) is 144 Å². The highest BCUT2D eigenvalue weighted by Crippen LogP contribution is 2.18. The van der Waals surface area contributed by atoms with Crippen LogP contribution in [0.5, 0.6) is 0 Å². The van der Waals surface area contributed by atoms with Crippen LogP contribution in [0, 0.1) is 5.92 Å². The summed E-state index contributed by atoms with van der Waals surface area (Å²) in [5.41, 5.74) is 3.96. The highest BCUT2D eigenvalue weighted by molar-refractivity contribution is 5.99. The molecule has 0 aliphatic carbocycles. The fourth-order valence-electron chi connectivity index (χ4n) is 5.40. The van der Waals surface area contributed by atoms with Gasteiger partial charge in [-0.2, -0.15) is 0 Å². The van der Waals surface area contributed by atoms with Crippen molar-refractivity contribution >= 4 is 34.5 Å². The molecule has 47 heavy (non-hydrogen) atoms. The van der Waals surface area contributed by atoms with Crippen molar-refractivity contribution in [1.29, 1.82) is 0 Å². The minimum Gasteiger partial charge on any atom is -0.361 e. The Morgan fingerprint density at radius 2 is 1.47 bits per heavy atom. The minimum atomic E-state index is -0.649. The average Bonchev–Trinajstić information content (AvgIpc) is 3.49. The number of nitrogens with one attached hydrogen (secondary N) is 6. The highest BCUT2D eigenvalue weighted by Gasteiger charge is 2.26. The first-order valence-corrected chi connectivity index (χ1v) is 16.3. The third-order valence-electron chi connectivity index (χ3n) is 8.06.